The predicted molar refractivity (Wildman–Crippen MR) is 192 cm³/mol. The van der Waals surface area contributed by atoms with E-state index in [1.807, 2.05) is 53.1 Å². The summed E-state index contributed by atoms with van der Waals surface area (Å²) in [5.41, 5.74) is 5.41. The first-order valence-corrected chi connectivity index (χ1v) is 16.9. The second-order valence-electron chi connectivity index (χ2n) is 12.5. The van der Waals surface area contributed by atoms with E-state index in [2.05, 4.69) is 25.6 Å². The van der Waals surface area contributed by atoms with Crippen LogP contribution in [0.5, 0.6) is 11.5 Å². The summed E-state index contributed by atoms with van der Waals surface area (Å²) in [4.78, 5) is 44.9. The van der Waals surface area contributed by atoms with Crippen molar-refractivity contribution < 1.29 is 14.3 Å². The number of anilines is 1. The molecule has 1 aliphatic rings. The molecule has 4 heterocycles. The standard InChI is InChI=1S/C37H37ClN8O4/c1-22-29(14-25(38)18-39-22)36(47)44-26-11-8-23(9-12-26)20-45-31-6-4-5-7-32(31)46(37(45)48)27-15-30-34(40-19-27)35(43-21-42-30)41-17-24-10-13-28(49-2)16-33(24)50-3/h4-7,10,13-16,18-19,21,23,26H,8-9,11-12,17,20H2,1-3H3,(H,44,47)(H,41,42,43)/t23-,26-. The van der Waals surface area contributed by atoms with E-state index in [1.54, 1.807) is 44.2 Å². The van der Waals surface area contributed by atoms with E-state index >= 15 is 0 Å². The van der Waals surface area contributed by atoms with Crippen molar-refractivity contribution in [3.8, 4) is 17.2 Å². The molecule has 6 aromatic rings. The van der Waals surface area contributed by atoms with Crippen molar-refractivity contribution in [2.75, 3.05) is 19.5 Å². The summed E-state index contributed by atoms with van der Waals surface area (Å²) in [6.07, 6.45) is 8.14. The molecule has 4 aromatic heterocycles. The molecule has 0 unspecified atom stereocenters. The number of ether oxygens (including phenoxy) is 2. The van der Waals surface area contributed by atoms with Crippen molar-refractivity contribution in [1.29, 1.82) is 0 Å². The third-order valence-electron chi connectivity index (χ3n) is 9.42. The highest BCUT2D eigenvalue weighted by atomic mass is 35.5. The lowest BCUT2D eigenvalue weighted by atomic mass is 9.85. The molecule has 1 aliphatic carbocycles. The molecule has 7 rings (SSSR count). The van der Waals surface area contributed by atoms with Gasteiger partial charge in [0.05, 0.1) is 58.9 Å². The molecule has 256 valence electrons. The van der Waals surface area contributed by atoms with Crippen molar-refractivity contribution in [3.05, 3.63) is 106 Å². The molecule has 13 heteroatoms. The highest BCUT2D eigenvalue weighted by Gasteiger charge is 2.26. The molecule has 0 bridgehead atoms. The van der Waals surface area contributed by atoms with E-state index in [1.165, 1.54) is 6.33 Å². The largest absolute Gasteiger partial charge is 0.497 e. The average Bonchev–Trinajstić information content (AvgIpc) is 3.42. The first-order valence-electron chi connectivity index (χ1n) is 16.5. The molecule has 1 amide bonds. The summed E-state index contributed by atoms with van der Waals surface area (Å²) >= 11 is 6.08. The molecule has 0 radical (unpaired) electrons. The molecule has 0 saturated heterocycles. The zero-order valence-electron chi connectivity index (χ0n) is 28.0. The van der Waals surface area contributed by atoms with Crippen LogP contribution in [0.25, 0.3) is 27.8 Å². The van der Waals surface area contributed by atoms with Gasteiger partial charge in [0.2, 0.25) is 0 Å². The molecule has 0 atom stereocenters. The molecule has 2 aromatic carbocycles. The lowest BCUT2D eigenvalue weighted by molar-refractivity contribution is 0.0919. The Morgan fingerprint density at radius 2 is 1.74 bits per heavy atom. The van der Waals surface area contributed by atoms with Crippen LogP contribution in [-0.4, -0.2) is 55.2 Å². The number of carbonyl (C=O) groups is 1. The third-order valence-corrected chi connectivity index (χ3v) is 9.62. The number of nitrogens with one attached hydrogen (secondary N) is 2. The maximum Gasteiger partial charge on any atom is 0.333 e. The van der Waals surface area contributed by atoms with Crippen molar-refractivity contribution in [2.45, 2.75) is 51.7 Å². The van der Waals surface area contributed by atoms with Gasteiger partial charge in [-0.2, -0.15) is 0 Å². The van der Waals surface area contributed by atoms with Crippen LogP contribution in [0.1, 0.15) is 47.3 Å². The maximum atomic E-state index is 14.1. The second-order valence-corrected chi connectivity index (χ2v) is 12.9. The molecule has 50 heavy (non-hydrogen) atoms. The zero-order valence-corrected chi connectivity index (χ0v) is 28.8. The van der Waals surface area contributed by atoms with Gasteiger partial charge < -0.3 is 20.1 Å². The van der Waals surface area contributed by atoms with Crippen LogP contribution in [0.15, 0.2) is 78.1 Å². The van der Waals surface area contributed by atoms with Gasteiger partial charge in [0.1, 0.15) is 23.3 Å². The number of carbonyl (C=O) groups excluding carboxylic acids is 1. The SMILES string of the molecule is COc1ccc(CNc2ncnc3cc(-n4c(=O)n(C[C@H]5CC[C@H](NC(=O)c6cc(Cl)cnc6C)CC5)c5ccccc54)cnc23)c(OC)c1. The normalized spacial score (nSPS) is 16.0. The van der Waals surface area contributed by atoms with Gasteiger partial charge in [0, 0.05) is 37.0 Å². The number of halogens is 1. The summed E-state index contributed by atoms with van der Waals surface area (Å²) < 4.78 is 14.4. The maximum absolute atomic E-state index is 14.1. The van der Waals surface area contributed by atoms with Gasteiger partial charge in [-0.3, -0.25) is 18.9 Å². The first-order chi connectivity index (χ1) is 24.3. The van der Waals surface area contributed by atoms with Gasteiger partial charge in [0.25, 0.3) is 5.91 Å². The fraction of sp³-hybridized carbons (Fsp3) is 0.297. The summed E-state index contributed by atoms with van der Waals surface area (Å²) in [7, 11) is 3.24. The van der Waals surface area contributed by atoms with Crippen LogP contribution in [0.2, 0.25) is 5.02 Å². The molecular weight excluding hydrogens is 656 g/mol. The van der Waals surface area contributed by atoms with E-state index < -0.39 is 0 Å². The molecular formula is C37H37ClN8O4. The Morgan fingerprint density at radius 1 is 0.940 bits per heavy atom. The predicted octanol–water partition coefficient (Wildman–Crippen LogP) is 6.11. The molecule has 0 aliphatic heterocycles. The highest BCUT2D eigenvalue weighted by molar-refractivity contribution is 6.30. The van der Waals surface area contributed by atoms with Gasteiger partial charge in [-0.25, -0.2) is 19.7 Å². The van der Waals surface area contributed by atoms with Crippen LogP contribution in [0, 0.1) is 12.8 Å². The van der Waals surface area contributed by atoms with E-state index in [4.69, 9.17) is 26.1 Å². The summed E-state index contributed by atoms with van der Waals surface area (Å²) in [5.74, 6) is 2.10. The topological polar surface area (TPSA) is 138 Å². The number of aromatic nitrogens is 6. The number of benzene rings is 2. The Hall–Kier alpha value is -5.49. The molecule has 0 spiro atoms. The van der Waals surface area contributed by atoms with E-state index in [0.717, 1.165) is 42.3 Å². The van der Waals surface area contributed by atoms with Crippen molar-refractivity contribution >= 4 is 45.4 Å². The number of hydrogen-bond donors (Lipinski definition) is 2. The number of rotatable bonds is 10. The zero-order chi connectivity index (χ0) is 34.8. The number of para-hydroxylation sites is 2. The fourth-order valence-corrected chi connectivity index (χ4v) is 6.90. The minimum Gasteiger partial charge on any atom is -0.497 e. The minimum atomic E-state index is -0.158. The molecule has 1 fully saturated rings. The van der Waals surface area contributed by atoms with Crippen LogP contribution < -0.4 is 25.8 Å². The monoisotopic (exact) mass is 692 g/mol. The Kier molecular flexibility index (Phi) is 9.36. The van der Waals surface area contributed by atoms with Crippen LogP contribution in [0.4, 0.5) is 5.82 Å². The average molecular weight is 693 g/mol. The van der Waals surface area contributed by atoms with Gasteiger partial charge in [-0.05, 0) is 74.9 Å². The molecule has 1 saturated carbocycles. The number of methoxy groups -OCH3 is 2. The Morgan fingerprint density at radius 3 is 2.52 bits per heavy atom. The molecule has 2 N–H and O–H groups in total. The Bertz CT molecular complexity index is 2260. The second kappa shape index (κ2) is 14.2. The lowest BCUT2D eigenvalue weighted by Gasteiger charge is -2.29. The number of imidazole rings is 1. The number of aryl methyl sites for hydroxylation is 1. The number of amides is 1. The van der Waals surface area contributed by atoms with E-state index in [9.17, 15) is 9.59 Å². The number of fused-ring (bicyclic) bond motifs is 2. The van der Waals surface area contributed by atoms with Gasteiger partial charge >= 0.3 is 5.69 Å². The van der Waals surface area contributed by atoms with Crippen LogP contribution in [-0.2, 0) is 13.1 Å². The van der Waals surface area contributed by atoms with Crippen molar-refractivity contribution in [3.63, 3.8) is 0 Å². The molecule has 12 nitrogen and oxygen atoms in total. The number of nitrogens with zero attached hydrogens (tertiary/aromatic N) is 6. The third kappa shape index (κ3) is 6.58. The van der Waals surface area contributed by atoms with E-state index in [-0.39, 0.29) is 23.6 Å². The summed E-state index contributed by atoms with van der Waals surface area (Å²) in [5, 5.41) is 6.95. The van der Waals surface area contributed by atoms with Crippen LogP contribution >= 0.6 is 11.6 Å². The number of hydrogen-bond acceptors (Lipinski definition) is 9. The van der Waals surface area contributed by atoms with Gasteiger partial charge in [-0.15, -0.1) is 0 Å². The first kappa shape index (κ1) is 33.0. The van der Waals surface area contributed by atoms with Crippen molar-refractivity contribution in [2.24, 2.45) is 5.92 Å². The van der Waals surface area contributed by atoms with Crippen LogP contribution in [0.3, 0.4) is 0 Å². The fourth-order valence-electron chi connectivity index (χ4n) is 6.74. The Labute approximate surface area is 293 Å². The Balaban J connectivity index is 1.09. The van der Waals surface area contributed by atoms with E-state index in [0.29, 0.717) is 63.4 Å². The summed E-state index contributed by atoms with van der Waals surface area (Å²) in [6, 6.07) is 17.0. The smallest absolute Gasteiger partial charge is 0.333 e. The highest BCUT2D eigenvalue weighted by Crippen LogP contribution is 2.29. The van der Waals surface area contributed by atoms with Crippen molar-refractivity contribution in [1.82, 2.24) is 34.4 Å². The quantitative estimate of drug-likeness (QED) is 0.174. The number of pyridine rings is 2. The van der Waals surface area contributed by atoms with Gasteiger partial charge in [-0.1, -0.05) is 23.7 Å². The minimum absolute atomic E-state index is 0.0541. The summed E-state index contributed by atoms with van der Waals surface area (Å²) in [6.45, 7) is 2.83. The lowest BCUT2D eigenvalue weighted by Crippen LogP contribution is -2.39. The van der Waals surface area contributed by atoms with Gasteiger partial charge in [0.15, 0.2) is 5.82 Å².